The smallest absolute Gasteiger partial charge is 0.163 e. The second-order valence-corrected chi connectivity index (χ2v) is 3.82. The van der Waals surface area contributed by atoms with Crippen LogP contribution >= 0.6 is 0 Å². The monoisotopic (exact) mass is 203 g/mol. The van der Waals surface area contributed by atoms with Crippen LogP contribution in [0.1, 0.15) is 33.3 Å². The van der Waals surface area contributed by atoms with E-state index in [1.807, 2.05) is 58.0 Å². The van der Waals surface area contributed by atoms with E-state index in [1.165, 1.54) is 0 Å². The van der Waals surface area contributed by atoms with Crippen LogP contribution in [0.15, 0.2) is 41.1 Å². The fourth-order valence-corrected chi connectivity index (χ4v) is 1.16. The summed E-state index contributed by atoms with van der Waals surface area (Å²) in [5, 5.41) is 3.98. The molecule has 0 saturated carbocycles. The minimum Gasteiger partial charge on any atom is -0.357 e. The minimum atomic E-state index is 0.830. The lowest BCUT2D eigenvalue weighted by Crippen LogP contribution is -1.91. The van der Waals surface area contributed by atoms with E-state index < -0.39 is 0 Å². The van der Waals surface area contributed by atoms with Gasteiger partial charge in [0.05, 0.1) is 5.71 Å². The largest absolute Gasteiger partial charge is 0.357 e. The van der Waals surface area contributed by atoms with Crippen molar-refractivity contribution in [2.75, 3.05) is 0 Å². The zero-order valence-corrected chi connectivity index (χ0v) is 9.74. The second kappa shape index (κ2) is 5.35. The molecular weight excluding hydrogens is 186 g/mol. The van der Waals surface area contributed by atoms with Gasteiger partial charge >= 0.3 is 0 Å². The summed E-state index contributed by atoms with van der Waals surface area (Å²) in [5.74, 6) is 0.830. The molecule has 0 unspecified atom stereocenters. The molecule has 0 saturated heterocycles. The highest BCUT2D eigenvalue weighted by molar-refractivity contribution is 5.78. The first kappa shape index (κ1) is 11.5. The molecule has 0 heterocycles. The molecule has 1 aromatic carbocycles. The van der Waals surface area contributed by atoms with Crippen LogP contribution in [0.4, 0.5) is 0 Å². The predicted molar refractivity (Wildman–Crippen MR) is 64.6 cm³/mol. The van der Waals surface area contributed by atoms with Crippen LogP contribution in [0, 0.1) is 0 Å². The van der Waals surface area contributed by atoms with Crippen molar-refractivity contribution in [3.05, 3.63) is 41.5 Å². The van der Waals surface area contributed by atoms with Gasteiger partial charge in [0.2, 0.25) is 0 Å². The SMILES string of the molecule is CC(C)=NOC(=C(C)C)c1ccccc1. The Bertz CT molecular complexity index is 369. The fraction of sp³-hybridized carbons (Fsp3) is 0.308. The van der Waals surface area contributed by atoms with Gasteiger partial charge in [-0.3, -0.25) is 0 Å². The van der Waals surface area contributed by atoms with Crippen LogP contribution in [0.5, 0.6) is 0 Å². The average molecular weight is 203 g/mol. The molecule has 80 valence electrons. The highest BCUT2D eigenvalue weighted by Crippen LogP contribution is 2.19. The molecule has 0 aliphatic carbocycles. The zero-order chi connectivity index (χ0) is 11.3. The predicted octanol–water partition coefficient (Wildman–Crippen LogP) is 3.85. The van der Waals surface area contributed by atoms with E-state index in [4.69, 9.17) is 4.84 Å². The maximum Gasteiger partial charge on any atom is 0.163 e. The molecule has 0 aromatic heterocycles. The van der Waals surface area contributed by atoms with Crippen molar-refractivity contribution in [3.63, 3.8) is 0 Å². The quantitative estimate of drug-likeness (QED) is 0.415. The van der Waals surface area contributed by atoms with E-state index in [1.54, 1.807) is 0 Å². The van der Waals surface area contributed by atoms with Crippen LogP contribution in [-0.2, 0) is 4.84 Å². The molecule has 0 amide bonds. The summed E-state index contributed by atoms with van der Waals surface area (Å²) in [6.07, 6.45) is 0. The fourth-order valence-electron chi connectivity index (χ4n) is 1.16. The van der Waals surface area contributed by atoms with Crippen molar-refractivity contribution in [1.29, 1.82) is 0 Å². The van der Waals surface area contributed by atoms with E-state index in [-0.39, 0.29) is 0 Å². The van der Waals surface area contributed by atoms with Crippen LogP contribution in [0.2, 0.25) is 0 Å². The first-order chi connectivity index (χ1) is 7.11. The van der Waals surface area contributed by atoms with E-state index in [0.717, 1.165) is 22.6 Å². The number of rotatable bonds is 3. The van der Waals surface area contributed by atoms with Gasteiger partial charge in [-0.25, -0.2) is 0 Å². The molecule has 2 nitrogen and oxygen atoms in total. The maximum absolute atomic E-state index is 5.42. The third-order valence-electron chi connectivity index (χ3n) is 1.81. The third-order valence-corrected chi connectivity index (χ3v) is 1.81. The second-order valence-electron chi connectivity index (χ2n) is 3.82. The first-order valence-corrected chi connectivity index (χ1v) is 5.02. The molecule has 0 bridgehead atoms. The van der Waals surface area contributed by atoms with Crippen LogP contribution in [0.25, 0.3) is 5.76 Å². The van der Waals surface area contributed by atoms with Gasteiger partial charge in [-0.15, -0.1) is 0 Å². The van der Waals surface area contributed by atoms with Crippen molar-refractivity contribution in [1.82, 2.24) is 0 Å². The number of oxime groups is 1. The molecule has 0 atom stereocenters. The summed E-state index contributed by atoms with van der Waals surface area (Å²) in [6.45, 7) is 7.85. The maximum atomic E-state index is 5.42. The number of hydrogen-bond acceptors (Lipinski definition) is 2. The van der Waals surface area contributed by atoms with Gasteiger partial charge in [-0.2, -0.15) is 0 Å². The van der Waals surface area contributed by atoms with Crippen LogP contribution in [0.3, 0.4) is 0 Å². The number of hydrogen-bond donors (Lipinski definition) is 0. The molecule has 1 rings (SSSR count). The van der Waals surface area contributed by atoms with Crippen molar-refractivity contribution in [2.24, 2.45) is 5.16 Å². The third kappa shape index (κ3) is 3.58. The molecule has 0 aliphatic heterocycles. The van der Waals surface area contributed by atoms with E-state index in [0.29, 0.717) is 0 Å². The molecular formula is C13H17NO. The summed E-state index contributed by atoms with van der Waals surface area (Å²) >= 11 is 0. The van der Waals surface area contributed by atoms with Gasteiger partial charge in [0.15, 0.2) is 5.76 Å². The van der Waals surface area contributed by atoms with E-state index in [9.17, 15) is 0 Å². The lowest BCUT2D eigenvalue weighted by molar-refractivity contribution is 0.294. The number of nitrogens with zero attached hydrogens (tertiary/aromatic N) is 1. The molecule has 1 aromatic rings. The molecule has 0 radical (unpaired) electrons. The molecule has 2 heteroatoms. The highest BCUT2D eigenvalue weighted by atomic mass is 16.6. The molecule has 15 heavy (non-hydrogen) atoms. The van der Waals surface area contributed by atoms with Gasteiger partial charge in [0.1, 0.15) is 0 Å². The summed E-state index contributed by atoms with van der Waals surface area (Å²) in [5.41, 5.74) is 3.08. The molecule has 0 N–H and O–H groups in total. The normalized spacial score (nSPS) is 9.33. The Morgan fingerprint density at radius 1 is 1.00 bits per heavy atom. The summed E-state index contributed by atoms with van der Waals surface area (Å²) in [7, 11) is 0. The Kier molecular flexibility index (Phi) is 4.10. The molecule has 0 aliphatic rings. The summed E-state index contributed by atoms with van der Waals surface area (Å²) < 4.78 is 0. The van der Waals surface area contributed by atoms with Gasteiger partial charge in [-0.1, -0.05) is 35.5 Å². The first-order valence-electron chi connectivity index (χ1n) is 5.02. The summed E-state index contributed by atoms with van der Waals surface area (Å²) in [6, 6.07) is 10.0. The van der Waals surface area contributed by atoms with Gasteiger partial charge in [0, 0.05) is 5.56 Å². The molecule has 0 spiro atoms. The van der Waals surface area contributed by atoms with Crippen LogP contribution in [-0.4, -0.2) is 5.71 Å². The Morgan fingerprint density at radius 2 is 1.60 bits per heavy atom. The van der Waals surface area contributed by atoms with Crippen molar-refractivity contribution >= 4 is 11.5 Å². The molecule has 0 fully saturated rings. The standard InChI is InChI=1S/C13H17NO/c1-10(2)13(15-14-11(3)4)12-8-6-5-7-9-12/h5-9H,1-4H3. The van der Waals surface area contributed by atoms with E-state index >= 15 is 0 Å². The number of benzene rings is 1. The van der Waals surface area contributed by atoms with Gasteiger partial charge < -0.3 is 4.84 Å². The Morgan fingerprint density at radius 3 is 2.07 bits per heavy atom. The van der Waals surface area contributed by atoms with Crippen molar-refractivity contribution < 1.29 is 4.84 Å². The zero-order valence-electron chi connectivity index (χ0n) is 9.74. The van der Waals surface area contributed by atoms with E-state index in [2.05, 4.69) is 5.16 Å². The van der Waals surface area contributed by atoms with Crippen molar-refractivity contribution in [2.45, 2.75) is 27.7 Å². The highest BCUT2D eigenvalue weighted by Gasteiger charge is 2.04. The Labute approximate surface area is 91.3 Å². The van der Waals surface area contributed by atoms with Gasteiger partial charge in [-0.05, 0) is 33.3 Å². The Balaban J connectivity index is 2.97. The van der Waals surface area contributed by atoms with Crippen LogP contribution < -0.4 is 0 Å². The summed E-state index contributed by atoms with van der Waals surface area (Å²) in [4.78, 5) is 5.42. The lowest BCUT2D eigenvalue weighted by Gasteiger charge is -2.07. The average Bonchev–Trinajstić information content (AvgIpc) is 2.18. The van der Waals surface area contributed by atoms with Gasteiger partial charge in [0.25, 0.3) is 0 Å². The lowest BCUT2D eigenvalue weighted by atomic mass is 10.1. The Hall–Kier alpha value is -1.57. The minimum absolute atomic E-state index is 0.830. The topological polar surface area (TPSA) is 21.6 Å². The van der Waals surface area contributed by atoms with Crippen molar-refractivity contribution in [3.8, 4) is 0 Å². The number of allylic oxidation sites excluding steroid dienone is 1.